The number of ketones is 2. The van der Waals surface area contributed by atoms with Gasteiger partial charge in [-0.15, -0.1) is 0 Å². The second-order valence-electron chi connectivity index (χ2n) is 10.3. The van der Waals surface area contributed by atoms with Gasteiger partial charge in [0.25, 0.3) is 0 Å². The fourth-order valence-electron chi connectivity index (χ4n) is 7.04. The average molecular weight is 412 g/mol. The van der Waals surface area contributed by atoms with Gasteiger partial charge in [0, 0.05) is 10.8 Å². The van der Waals surface area contributed by atoms with Gasteiger partial charge in [-0.25, -0.2) is 0 Å². The van der Waals surface area contributed by atoms with Gasteiger partial charge >= 0.3 is 5.97 Å². The monoisotopic (exact) mass is 411 g/mol. The zero-order valence-electron chi connectivity index (χ0n) is 18.5. The van der Waals surface area contributed by atoms with Crippen LogP contribution in [0.1, 0.15) is 53.4 Å². The van der Waals surface area contributed by atoms with E-state index in [0.29, 0.717) is 11.8 Å². The molecule has 30 heavy (non-hydrogen) atoms. The molecule has 4 aliphatic rings. The van der Waals surface area contributed by atoms with E-state index in [1.807, 2.05) is 6.08 Å². The van der Waals surface area contributed by atoms with Crippen molar-refractivity contribution in [2.24, 2.45) is 39.7 Å². The second-order valence-corrected chi connectivity index (χ2v) is 10.3. The van der Waals surface area contributed by atoms with E-state index in [9.17, 15) is 14.4 Å². The van der Waals surface area contributed by atoms with Crippen LogP contribution in [0.25, 0.3) is 0 Å². The summed E-state index contributed by atoms with van der Waals surface area (Å²) < 4.78 is 5.13. The Morgan fingerprint density at radius 1 is 1.27 bits per heavy atom. The molecule has 4 rings (SSSR count). The summed E-state index contributed by atoms with van der Waals surface area (Å²) in [7, 11) is 0. The maximum Gasteiger partial charge on any atom is 0.320 e. The molecule has 0 aromatic carbocycles. The minimum absolute atomic E-state index is 0.00409. The molecule has 0 amide bonds. The maximum atomic E-state index is 13.3. The van der Waals surface area contributed by atoms with E-state index < -0.39 is 11.4 Å². The number of carbonyl (C=O) groups is 3. The first kappa shape index (κ1) is 21.2. The summed E-state index contributed by atoms with van der Waals surface area (Å²) >= 11 is 0. The lowest BCUT2D eigenvalue weighted by atomic mass is 9.49. The van der Waals surface area contributed by atoms with Crippen molar-refractivity contribution in [1.29, 1.82) is 0 Å². The molecular weight excluding hydrogens is 378 g/mol. The van der Waals surface area contributed by atoms with E-state index in [4.69, 9.17) is 10.5 Å². The van der Waals surface area contributed by atoms with Gasteiger partial charge in [0.15, 0.2) is 18.2 Å². The van der Waals surface area contributed by atoms with E-state index in [1.165, 1.54) is 11.1 Å². The Bertz CT molecular complexity index is 899. The Balaban J connectivity index is 1.68. The van der Waals surface area contributed by atoms with Crippen molar-refractivity contribution in [2.75, 3.05) is 13.2 Å². The van der Waals surface area contributed by atoms with Crippen molar-refractivity contribution in [3.05, 3.63) is 35.5 Å². The summed E-state index contributed by atoms with van der Waals surface area (Å²) in [6, 6.07) is 0. The average Bonchev–Trinajstić information content (AvgIpc) is 2.93. The number of Topliss-reactive ketones (excluding diaryl/α,β-unsaturated/α-hetero) is 1. The first-order valence-corrected chi connectivity index (χ1v) is 11.1. The molecular formula is C25H33NO4. The summed E-state index contributed by atoms with van der Waals surface area (Å²) in [6.07, 6.45) is 11.7. The highest BCUT2D eigenvalue weighted by Crippen LogP contribution is 2.69. The molecule has 2 saturated carbocycles. The number of rotatable bonds is 4. The second kappa shape index (κ2) is 7.01. The number of ether oxygens (including phenoxy) is 1. The van der Waals surface area contributed by atoms with Gasteiger partial charge in [0.05, 0.1) is 6.54 Å². The lowest BCUT2D eigenvalue weighted by molar-refractivity contribution is -0.154. The lowest BCUT2D eigenvalue weighted by Gasteiger charge is -2.54. The third-order valence-corrected chi connectivity index (χ3v) is 9.23. The minimum Gasteiger partial charge on any atom is -0.457 e. The van der Waals surface area contributed by atoms with Gasteiger partial charge in [-0.05, 0) is 67.9 Å². The number of esters is 1. The zero-order chi connectivity index (χ0) is 21.9. The molecule has 0 aromatic heterocycles. The Hall–Kier alpha value is -2.01. The number of carbonyl (C=O) groups excluding carboxylic acids is 3. The minimum atomic E-state index is -0.552. The highest BCUT2D eigenvalue weighted by Gasteiger charge is 2.65. The summed E-state index contributed by atoms with van der Waals surface area (Å²) in [6.45, 7) is 8.32. The molecule has 0 heterocycles. The van der Waals surface area contributed by atoms with Crippen LogP contribution in [-0.2, 0) is 19.1 Å². The fourth-order valence-corrected chi connectivity index (χ4v) is 7.04. The van der Waals surface area contributed by atoms with Crippen LogP contribution in [-0.4, -0.2) is 30.7 Å². The number of allylic oxidation sites excluding steroid dienone is 6. The van der Waals surface area contributed by atoms with Crippen molar-refractivity contribution in [3.63, 3.8) is 0 Å². The number of fused-ring (bicyclic) bond motifs is 5. The van der Waals surface area contributed by atoms with Crippen LogP contribution < -0.4 is 5.73 Å². The number of nitrogens with two attached hydrogens (primary N) is 1. The molecule has 0 spiro atoms. The van der Waals surface area contributed by atoms with E-state index in [-0.39, 0.29) is 41.5 Å². The van der Waals surface area contributed by atoms with Crippen LogP contribution in [0.2, 0.25) is 0 Å². The molecule has 162 valence electrons. The Labute approximate surface area is 178 Å². The summed E-state index contributed by atoms with van der Waals surface area (Å²) in [5, 5.41) is 0. The molecule has 5 heteroatoms. The molecule has 6 atom stereocenters. The van der Waals surface area contributed by atoms with Crippen LogP contribution in [0, 0.1) is 34.0 Å². The van der Waals surface area contributed by atoms with Crippen LogP contribution in [0.4, 0.5) is 0 Å². The predicted octanol–water partition coefficient (Wildman–Crippen LogP) is 3.54. The van der Waals surface area contributed by atoms with E-state index in [1.54, 1.807) is 6.08 Å². The van der Waals surface area contributed by atoms with Gasteiger partial charge in [-0.3, -0.25) is 14.4 Å². The van der Waals surface area contributed by atoms with Gasteiger partial charge in [-0.2, -0.15) is 0 Å². The first-order chi connectivity index (χ1) is 14.1. The third kappa shape index (κ3) is 2.74. The Morgan fingerprint density at radius 2 is 2.00 bits per heavy atom. The molecule has 0 saturated heterocycles. The predicted molar refractivity (Wildman–Crippen MR) is 114 cm³/mol. The largest absolute Gasteiger partial charge is 0.457 e. The summed E-state index contributed by atoms with van der Waals surface area (Å²) in [4.78, 5) is 36.8. The topological polar surface area (TPSA) is 86.5 Å². The first-order valence-electron chi connectivity index (χ1n) is 11.1. The van der Waals surface area contributed by atoms with Crippen molar-refractivity contribution >= 4 is 17.5 Å². The van der Waals surface area contributed by atoms with Crippen LogP contribution >= 0.6 is 0 Å². The quantitative estimate of drug-likeness (QED) is 0.565. The van der Waals surface area contributed by atoms with E-state index >= 15 is 0 Å². The highest BCUT2D eigenvalue weighted by molar-refractivity contribution is 6.01. The highest BCUT2D eigenvalue weighted by atomic mass is 16.5. The molecule has 0 bridgehead atoms. The van der Waals surface area contributed by atoms with Crippen LogP contribution in [0.3, 0.4) is 0 Å². The van der Waals surface area contributed by atoms with Gasteiger partial charge < -0.3 is 10.5 Å². The Morgan fingerprint density at radius 3 is 2.70 bits per heavy atom. The smallest absolute Gasteiger partial charge is 0.320 e. The molecule has 2 unspecified atom stereocenters. The van der Waals surface area contributed by atoms with E-state index in [2.05, 4.69) is 39.8 Å². The lowest BCUT2D eigenvalue weighted by Crippen LogP contribution is -2.51. The third-order valence-electron chi connectivity index (χ3n) is 9.23. The van der Waals surface area contributed by atoms with Gasteiger partial charge in [0.1, 0.15) is 0 Å². The zero-order valence-corrected chi connectivity index (χ0v) is 18.5. The molecule has 0 radical (unpaired) electrons. The van der Waals surface area contributed by atoms with Crippen molar-refractivity contribution in [2.45, 2.75) is 53.4 Å². The molecule has 5 nitrogen and oxygen atoms in total. The van der Waals surface area contributed by atoms with Crippen LogP contribution in [0.15, 0.2) is 35.5 Å². The van der Waals surface area contributed by atoms with Crippen molar-refractivity contribution in [1.82, 2.24) is 0 Å². The number of hydrogen-bond donors (Lipinski definition) is 1. The van der Waals surface area contributed by atoms with Crippen molar-refractivity contribution in [3.8, 4) is 0 Å². The molecule has 0 aromatic rings. The van der Waals surface area contributed by atoms with Crippen molar-refractivity contribution < 1.29 is 19.1 Å². The summed E-state index contributed by atoms with van der Waals surface area (Å²) in [5.74, 6) is 0.565. The maximum absolute atomic E-state index is 13.3. The molecule has 2 fully saturated rings. The van der Waals surface area contributed by atoms with Gasteiger partial charge in [0.2, 0.25) is 0 Å². The number of hydrogen-bond acceptors (Lipinski definition) is 5. The standard InChI is InChI=1S/C25H33NO4/c1-15-11-20-18-6-5-16-12-17(27)7-9-23(16,2)19(18)8-10-24(20,3)25(15,4)21(28)14-30-22(29)13-26/h7-9,12,15,18,20H,5-6,10-11,13-14,26H2,1-4H3/t15-,18?,20?,23-,24-,25+/m0/s1. The molecule has 2 N–H and O–H groups in total. The van der Waals surface area contributed by atoms with Crippen LogP contribution in [0.5, 0.6) is 0 Å². The van der Waals surface area contributed by atoms with Gasteiger partial charge in [-0.1, -0.05) is 44.1 Å². The molecule has 0 aliphatic heterocycles. The normalized spacial score (nSPS) is 41.9. The van der Waals surface area contributed by atoms with E-state index in [0.717, 1.165) is 25.7 Å². The summed E-state index contributed by atoms with van der Waals surface area (Å²) in [5.41, 5.74) is 7.06. The Kier molecular flexibility index (Phi) is 4.96. The SMILES string of the molecule is C[C@H]1CC2C3CCC4=CC(=O)C=C[C@]4(C)C3=CC[C@]2(C)[C@@]1(C)C(=O)COC(=O)CN. The molecule has 4 aliphatic carbocycles. The fraction of sp³-hybridized carbons (Fsp3) is 0.640.